The van der Waals surface area contributed by atoms with Crippen LogP contribution in [0.5, 0.6) is 0 Å². The van der Waals surface area contributed by atoms with Gasteiger partial charge in [-0.05, 0) is 80.5 Å². The van der Waals surface area contributed by atoms with Crippen molar-refractivity contribution in [3.05, 3.63) is 11.6 Å². The van der Waals surface area contributed by atoms with Crippen molar-refractivity contribution in [2.45, 2.75) is 76.9 Å². The second-order valence-corrected chi connectivity index (χ2v) is 9.56. The SMILES string of the molecule is CC(=O)OCC(=O)C1(O)CCC2C3CC=C4CC(O)CCC4(C)C3CCC21. The Bertz CT molecular complexity index is 670. The highest BCUT2D eigenvalue weighted by Gasteiger charge is 2.59. The van der Waals surface area contributed by atoms with Crippen LogP contribution in [-0.4, -0.2) is 40.3 Å². The Morgan fingerprint density at radius 1 is 1.15 bits per heavy atom. The predicted octanol–water partition coefficient (Wildman–Crippen LogP) is 2.78. The van der Waals surface area contributed by atoms with Crippen LogP contribution in [-0.2, 0) is 14.3 Å². The summed E-state index contributed by atoms with van der Waals surface area (Å²) >= 11 is 0. The predicted molar refractivity (Wildman–Crippen MR) is 99.7 cm³/mol. The molecule has 150 valence electrons. The number of Topliss-reactive ketones (excluding diaryl/α,β-unsaturated/α-hetero) is 1. The molecule has 0 saturated heterocycles. The third kappa shape index (κ3) is 2.98. The van der Waals surface area contributed by atoms with Crippen molar-refractivity contribution in [1.29, 1.82) is 0 Å². The molecule has 0 aliphatic heterocycles. The number of aliphatic hydroxyl groups excluding tert-OH is 1. The second-order valence-electron chi connectivity index (χ2n) is 9.56. The number of carbonyl (C=O) groups excluding carboxylic acids is 2. The van der Waals surface area contributed by atoms with E-state index in [1.807, 2.05) is 0 Å². The first kappa shape index (κ1) is 19.1. The average Bonchev–Trinajstić information content (AvgIpc) is 2.99. The summed E-state index contributed by atoms with van der Waals surface area (Å²) in [5.41, 5.74) is 0.258. The Kier molecular flexibility index (Phi) is 4.75. The zero-order valence-electron chi connectivity index (χ0n) is 16.4. The van der Waals surface area contributed by atoms with Crippen molar-refractivity contribution in [3.8, 4) is 0 Å². The molecule has 3 fully saturated rings. The van der Waals surface area contributed by atoms with Gasteiger partial charge in [0.2, 0.25) is 5.78 Å². The van der Waals surface area contributed by atoms with E-state index >= 15 is 0 Å². The molecule has 0 radical (unpaired) electrons. The van der Waals surface area contributed by atoms with Crippen molar-refractivity contribution in [2.75, 3.05) is 6.61 Å². The maximum atomic E-state index is 12.6. The summed E-state index contributed by atoms with van der Waals surface area (Å²) in [7, 11) is 0. The average molecular weight is 376 g/mol. The van der Waals surface area contributed by atoms with Crippen LogP contribution >= 0.6 is 0 Å². The van der Waals surface area contributed by atoms with E-state index in [4.69, 9.17) is 4.74 Å². The molecule has 0 heterocycles. The Morgan fingerprint density at radius 3 is 2.63 bits per heavy atom. The molecule has 7 unspecified atom stereocenters. The van der Waals surface area contributed by atoms with Gasteiger partial charge >= 0.3 is 5.97 Å². The lowest BCUT2D eigenvalue weighted by atomic mass is 9.50. The van der Waals surface area contributed by atoms with Gasteiger partial charge in [-0.15, -0.1) is 0 Å². The fourth-order valence-corrected chi connectivity index (χ4v) is 6.97. The van der Waals surface area contributed by atoms with Crippen molar-refractivity contribution in [3.63, 3.8) is 0 Å². The summed E-state index contributed by atoms with van der Waals surface area (Å²) in [6.45, 7) is 3.34. The standard InChI is InChI=1S/C22H32O5/c1-13(23)27-12-20(25)22(26)10-8-17-16-4-3-14-11-15(24)7-9-21(14,2)18(16)5-6-19(17)22/h3,15-19,24,26H,4-12H2,1-2H3. The molecule has 5 heteroatoms. The van der Waals surface area contributed by atoms with Crippen LogP contribution in [0.4, 0.5) is 0 Å². The molecule has 4 aliphatic rings. The summed E-state index contributed by atoms with van der Waals surface area (Å²) in [6.07, 6.45) is 9.10. The lowest BCUT2D eigenvalue weighted by molar-refractivity contribution is -0.157. The van der Waals surface area contributed by atoms with Gasteiger partial charge in [0.15, 0.2) is 6.61 Å². The van der Waals surface area contributed by atoms with Gasteiger partial charge in [-0.25, -0.2) is 0 Å². The molecule has 3 saturated carbocycles. The molecule has 2 N–H and O–H groups in total. The molecule has 0 aromatic carbocycles. The van der Waals surface area contributed by atoms with E-state index < -0.39 is 11.6 Å². The summed E-state index contributed by atoms with van der Waals surface area (Å²) in [5, 5.41) is 21.3. The topological polar surface area (TPSA) is 83.8 Å². The summed E-state index contributed by atoms with van der Waals surface area (Å²) in [4.78, 5) is 23.7. The van der Waals surface area contributed by atoms with Crippen molar-refractivity contribution < 1.29 is 24.5 Å². The highest BCUT2D eigenvalue weighted by Crippen LogP contribution is 2.62. The van der Waals surface area contributed by atoms with E-state index in [1.165, 1.54) is 12.5 Å². The number of esters is 1. The first-order valence-electron chi connectivity index (χ1n) is 10.5. The maximum absolute atomic E-state index is 12.6. The van der Waals surface area contributed by atoms with Crippen molar-refractivity contribution in [1.82, 2.24) is 0 Å². The largest absolute Gasteiger partial charge is 0.458 e. The molecular weight excluding hydrogens is 344 g/mol. The third-order valence-corrected chi connectivity index (χ3v) is 8.37. The number of carbonyl (C=O) groups is 2. The molecule has 4 rings (SSSR count). The van der Waals surface area contributed by atoms with E-state index in [9.17, 15) is 19.8 Å². The fourth-order valence-electron chi connectivity index (χ4n) is 6.97. The molecule has 0 bridgehead atoms. The monoisotopic (exact) mass is 376 g/mol. The number of allylic oxidation sites excluding steroid dienone is 1. The number of hydrogen-bond acceptors (Lipinski definition) is 5. The van der Waals surface area contributed by atoms with Crippen LogP contribution in [0.25, 0.3) is 0 Å². The van der Waals surface area contributed by atoms with Crippen LogP contribution in [0, 0.1) is 29.1 Å². The smallest absolute Gasteiger partial charge is 0.303 e. The van der Waals surface area contributed by atoms with Crippen LogP contribution < -0.4 is 0 Å². The van der Waals surface area contributed by atoms with E-state index in [1.54, 1.807) is 0 Å². The van der Waals surface area contributed by atoms with Gasteiger partial charge in [0.1, 0.15) is 5.60 Å². The second kappa shape index (κ2) is 6.70. The van der Waals surface area contributed by atoms with Gasteiger partial charge in [-0.3, -0.25) is 9.59 Å². The molecule has 0 aromatic heterocycles. The van der Waals surface area contributed by atoms with Crippen molar-refractivity contribution in [2.24, 2.45) is 29.1 Å². The normalized spacial score (nSPS) is 45.9. The Morgan fingerprint density at radius 2 is 1.89 bits per heavy atom. The van der Waals surface area contributed by atoms with Crippen LogP contribution in [0.3, 0.4) is 0 Å². The van der Waals surface area contributed by atoms with Crippen LogP contribution in [0.15, 0.2) is 11.6 Å². The molecule has 0 spiro atoms. The van der Waals surface area contributed by atoms with Crippen molar-refractivity contribution >= 4 is 11.8 Å². The van der Waals surface area contributed by atoms with E-state index in [0.29, 0.717) is 24.2 Å². The van der Waals surface area contributed by atoms with Gasteiger partial charge in [-0.1, -0.05) is 18.6 Å². The van der Waals surface area contributed by atoms with Crippen LogP contribution in [0.1, 0.15) is 65.2 Å². The molecule has 0 amide bonds. The highest BCUT2D eigenvalue weighted by molar-refractivity contribution is 5.90. The fraction of sp³-hybridized carbons (Fsp3) is 0.818. The van der Waals surface area contributed by atoms with E-state index in [2.05, 4.69) is 13.0 Å². The van der Waals surface area contributed by atoms with Gasteiger partial charge in [0, 0.05) is 6.92 Å². The number of ketones is 1. The van der Waals surface area contributed by atoms with E-state index in [-0.39, 0.29) is 29.8 Å². The first-order chi connectivity index (χ1) is 12.8. The molecule has 0 aromatic rings. The molecular formula is C22H32O5. The quantitative estimate of drug-likeness (QED) is 0.584. The van der Waals surface area contributed by atoms with Gasteiger partial charge in [-0.2, -0.15) is 0 Å². The van der Waals surface area contributed by atoms with Crippen LogP contribution in [0.2, 0.25) is 0 Å². The Balaban J connectivity index is 1.54. The zero-order valence-corrected chi connectivity index (χ0v) is 16.4. The lowest BCUT2D eigenvalue weighted by Gasteiger charge is -2.55. The summed E-state index contributed by atoms with van der Waals surface area (Å²) in [6, 6.07) is 0. The minimum absolute atomic E-state index is 0.0189. The number of aliphatic hydroxyl groups is 2. The lowest BCUT2D eigenvalue weighted by Crippen LogP contribution is -2.52. The first-order valence-corrected chi connectivity index (χ1v) is 10.5. The number of rotatable bonds is 3. The minimum Gasteiger partial charge on any atom is -0.458 e. The van der Waals surface area contributed by atoms with E-state index in [0.717, 1.165) is 44.9 Å². The molecule has 7 atom stereocenters. The number of fused-ring (bicyclic) bond motifs is 5. The van der Waals surface area contributed by atoms with Gasteiger partial charge in [0.25, 0.3) is 0 Å². The minimum atomic E-state index is -1.33. The maximum Gasteiger partial charge on any atom is 0.303 e. The highest BCUT2D eigenvalue weighted by atomic mass is 16.5. The van der Waals surface area contributed by atoms with Gasteiger partial charge in [0.05, 0.1) is 6.10 Å². The number of hydrogen-bond donors (Lipinski definition) is 2. The Labute approximate surface area is 161 Å². The summed E-state index contributed by atoms with van der Waals surface area (Å²) in [5.74, 6) is 0.608. The zero-order chi connectivity index (χ0) is 19.4. The molecule has 5 nitrogen and oxygen atoms in total. The van der Waals surface area contributed by atoms with Gasteiger partial charge < -0.3 is 14.9 Å². The molecule has 27 heavy (non-hydrogen) atoms. The number of ether oxygens (including phenoxy) is 1. The summed E-state index contributed by atoms with van der Waals surface area (Å²) < 4.78 is 4.88. The molecule has 4 aliphatic carbocycles. The Hall–Kier alpha value is -1.20. The third-order valence-electron chi connectivity index (χ3n) is 8.37.